The zero-order valence-electron chi connectivity index (χ0n) is 12.5. The van der Waals surface area contributed by atoms with Crippen LogP contribution >= 0.6 is 0 Å². The maximum Gasteiger partial charge on any atom is 0.244 e. The molecule has 0 aromatic carbocycles. The van der Waals surface area contributed by atoms with E-state index in [9.17, 15) is 4.79 Å². The van der Waals surface area contributed by atoms with E-state index in [0.29, 0.717) is 6.61 Å². The van der Waals surface area contributed by atoms with Crippen molar-refractivity contribution in [3.05, 3.63) is 0 Å². The molecule has 0 aliphatic carbocycles. The SMILES string of the molecule is CCCC1NC(C)(CC)C(=O)N1C(CC)COC. The van der Waals surface area contributed by atoms with E-state index in [-0.39, 0.29) is 18.1 Å². The molecule has 18 heavy (non-hydrogen) atoms. The van der Waals surface area contributed by atoms with E-state index in [1.165, 1.54) is 0 Å². The number of hydrogen-bond acceptors (Lipinski definition) is 3. The van der Waals surface area contributed by atoms with Gasteiger partial charge in [0.1, 0.15) is 0 Å². The van der Waals surface area contributed by atoms with Gasteiger partial charge in [-0.1, -0.05) is 27.2 Å². The van der Waals surface area contributed by atoms with Crippen molar-refractivity contribution in [1.82, 2.24) is 10.2 Å². The van der Waals surface area contributed by atoms with Crippen molar-refractivity contribution in [2.24, 2.45) is 0 Å². The maximum atomic E-state index is 12.6. The lowest BCUT2D eigenvalue weighted by atomic mass is 9.99. The summed E-state index contributed by atoms with van der Waals surface area (Å²) in [5.74, 6) is 0.229. The predicted molar refractivity (Wildman–Crippen MR) is 73.3 cm³/mol. The fraction of sp³-hybridized carbons (Fsp3) is 0.929. The Morgan fingerprint density at radius 3 is 2.56 bits per heavy atom. The number of ether oxygens (including phenoxy) is 1. The van der Waals surface area contributed by atoms with Crippen LogP contribution in [0.4, 0.5) is 0 Å². The summed E-state index contributed by atoms with van der Waals surface area (Å²) >= 11 is 0. The fourth-order valence-corrected chi connectivity index (χ4v) is 2.67. The first-order valence-electron chi connectivity index (χ1n) is 7.13. The van der Waals surface area contributed by atoms with Gasteiger partial charge in [0.15, 0.2) is 0 Å². The summed E-state index contributed by atoms with van der Waals surface area (Å²) in [6.45, 7) is 8.96. The summed E-state index contributed by atoms with van der Waals surface area (Å²) < 4.78 is 5.26. The number of methoxy groups -OCH3 is 1. The summed E-state index contributed by atoms with van der Waals surface area (Å²) in [5, 5.41) is 3.51. The second kappa shape index (κ2) is 6.53. The molecule has 0 spiro atoms. The van der Waals surface area contributed by atoms with Gasteiger partial charge in [-0.2, -0.15) is 0 Å². The van der Waals surface area contributed by atoms with E-state index < -0.39 is 5.54 Å². The zero-order valence-corrected chi connectivity index (χ0v) is 12.5. The minimum absolute atomic E-state index is 0.160. The van der Waals surface area contributed by atoms with Crippen molar-refractivity contribution in [2.45, 2.75) is 71.1 Å². The minimum atomic E-state index is -0.402. The second-order valence-electron chi connectivity index (χ2n) is 5.36. The van der Waals surface area contributed by atoms with Gasteiger partial charge >= 0.3 is 0 Å². The third-order valence-electron chi connectivity index (χ3n) is 4.02. The highest BCUT2D eigenvalue weighted by atomic mass is 16.5. The number of carbonyl (C=O) groups excluding carboxylic acids is 1. The number of carbonyl (C=O) groups is 1. The van der Waals surface area contributed by atoms with Crippen molar-refractivity contribution in [1.29, 1.82) is 0 Å². The van der Waals surface area contributed by atoms with Crippen LogP contribution in [0, 0.1) is 0 Å². The second-order valence-corrected chi connectivity index (χ2v) is 5.36. The number of hydrogen-bond donors (Lipinski definition) is 1. The Morgan fingerprint density at radius 2 is 2.11 bits per heavy atom. The van der Waals surface area contributed by atoms with Gasteiger partial charge in [-0.25, -0.2) is 0 Å². The Kier molecular flexibility index (Phi) is 5.60. The lowest BCUT2D eigenvalue weighted by Crippen LogP contribution is -2.47. The van der Waals surface area contributed by atoms with E-state index in [1.807, 2.05) is 11.8 Å². The van der Waals surface area contributed by atoms with Gasteiger partial charge in [-0.3, -0.25) is 10.1 Å². The smallest absolute Gasteiger partial charge is 0.244 e. The van der Waals surface area contributed by atoms with Crippen molar-refractivity contribution >= 4 is 5.91 Å². The molecule has 0 aromatic heterocycles. The molecule has 106 valence electrons. The van der Waals surface area contributed by atoms with Gasteiger partial charge < -0.3 is 9.64 Å². The van der Waals surface area contributed by atoms with Crippen molar-refractivity contribution < 1.29 is 9.53 Å². The van der Waals surface area contributed by atoms with E-state index in [0.717, 1.165) is 25.7 Å². The molecule has 0 saturated carbocycles. The summed E-state index contributed by atoms with van der Waals surface area (Å²) in [7, 11) is 1.70. The lowest BCUT2D eigenvalue weighted by Gasteiger charge is -2.31. The van der Waals surface area contributed by atoms with Gasteiger partial charge in [0.05, 0.1) is 24.4 Å². The first-order chi connectivity index (χ1) is 8.53. The Labute approximate surface area is 111 Å². The quantitative estimate of drug-likeness (QED) is 0.759. The van der Waals surface area contributed by atoms with E-state index in [4.69, 9.17) is 4.74 Å². The number of nitrogens with zero attached hydrogens (tertiary/aromatic N) is 1. The van der Waals surface area contributed by atoms with E-state index in [1.54, 1.807) is 7.11 Å². The number of amides is 1. The lowest BCUT2D eigenvalue weighted by molar-refractivity contribution is -0.136. The van der Waals surface area contributed by atoms with Crippen LogP contribution in [0.5, 0.6) is 0 Å². The molecule has 3 atom stereocenters. The van der Waals surface area contributed by atoms with E-state index in [2.05, 4.69) is 26.1 Å². The van der Waals surface area contributed by atoms with Crippen molar-refractivity contribution in [3.8, 4) is 0 Å². The van der Waals surface area contributed by atoms with Crippen LogP contribution in [0.2, 0.25) is 0 Å². The molecule has 0 aromatic rings. The molecule has 0 bridgehead atoms. The zero-order chi connectivity index (χ0) is 13.8. The molecule has 1 aliphatic heterocycles. The fourth-order valence-electron chi connectivity index (χ4n) is 2.67. The predicted octanol–water partition coefficient (Wildman–Crippen LogP) is 2.14. The number of nitrogens with one attached hydrogen (secondary N) is 1. The van der Waals surface area contributed by atoms with Gasteiger partial charge in [0, 0.05) is 7.11 Å². The molecule has 1 fully saturated rings. The summed E-state index contributed by atoms with van der Waals surface area (Å²) in [5.41, 5.74) is -0.402. The highest BCUT2D eigenvalue weighted by Crippen LogP contribution is 2.28. The Balaban J connectivity index is 2.92. The third-order valence-corrected chi connectivity index (χ3v) is 4.02. The largest absolute Gasteiger partial charge is 0.383 e. The highest BCUT2D eigenvalue weighted by Gasteiger charge is 2.48. The Morgan fingerprint density at radius 1 is 1.44 bits per heavy atom. The van der Waals surface area contributed by atoms with Crippen LogP contribution in [0.25, 0.3) is 0 Å². The minimum Gasteiger partial charge on any atom is -0.383 e. The van der Waals surface area contributed by atoms with Crippen LogP contribution < -0.4 is 5.32 Å². The molecule has 1 rings (SSSR count). The summed E-state index contributed by atoms with van der Waals surface area (Å²) in [4.78, 5) is 14.7. The molecular formula is C14H28N2O2. The normalized spacial score (nSPS) is 29.9. The van der Waals surface area contributed by atoms with Crippen molar-refractivity contribution in [2.75, 3.05) is 13.7 Å². The van der Waals surface area contributed by atoms with Gasteiger partial charge in [0.25, 0.3) is 0 Å². The molecule has 0 radical (unpaired) electrons. The average molecular weight is 256 g/mol. The van der Waals surface area contributed by atoms with Crippen LogP contribution in [-0.4, -0.2) is 42.3 Å². The Hall–Kier alpha value is -0.610. The number of rotatable bonds is 7. The molecule has 1 N–H and O–H groups in total. The van der Waals surface area contributed by atoms with Gasteiger partial charge in [-0.15, -0.1) is 0 Å². The Bertz CT molecular complexity index is 283. The summed E-state index contributed by atoms with van der Waals surface area (Å²) in [6.07, 6.45) is 3.99. The summed E-state index contributed by atoms with van der Waals surface area (Å²) in [6, 6.07) is 0.180. The molecule has 3 unspecified atom stereocenters. The molecule has 1 saturated heterocycles. The average Bonchev–Trinajstić information content (AvgIpc) is 2.61. The first kappa shape index (κ1) is 15.4. The molecule has 1 amide bonds. The standard InChI is InChI=1S/C14H28N2O2/c1-6-9-12-15-14(4,8-3)13(17)16(12)11(7-2)10-18-5/h11-12,15H,6-10H2,1-5H3. The van der Waals surface area contributed by atoms with Crippen LogP contribution in [-0.2, 0) is 9.53 Å². The molecular weight excluding hydrogens is 228 g/mol. The van der Waals surface area contributed by atoms with E-state index >= 15 is 0 Å². The van der Waals surface area contributed by atoms with Crippen LogP contribution in [0.1, 0.15) is 53.4 Å². The first-order valence-corrected chi connectivity index (χ1v) is 7.13. The maximum absolute atomic E-state index is 12.6. The van der Waals surface area contributed by atoms with Gasteiger partial charge in [-0.05, 0) is 26.2 Å². The molecule has 1 heterocycles. The molecule has 4 nitrogen and oxygen atoms in total. The topological polar surface area (TPSA) is 41.6 Å². The van der Waals surface area contributed by atoms with Gasteiger partial charge in [0.2, 0.25) is 5.91 Å². The monoisotopic (exact) mass is 256 g/mol. The van der Waals surface area contributed by atoms with Crippen LogP contribution in [0.3, 0.4) is 0 Å². The highest BCUT2D eigenvalue weighted by molar-refractivity contribution is 5.88. The third kappa shape index (κ3) is 2.86. The molecule has 1 aliphatic rings. The van der Waals surface area contributed by atoms with Crippen LogP contribution in [0.15, 0.2) is 0 Å². The van der Waals surface area contributed by atoms with Crippen molar-refractivity contribution in [3.63, 3.8) is 0 Å². The molecule has 4 heteroatoms.